The average molecular weight is 179 g/mol. The highest BCUT2D eigenvalue weighted by atomic mass is 16.5. The summed E-state index contributed by atoms with van der Waals surface area (Å²) in [5, 5.41) is 4.13. The second kappa shape index (κ2) is 2.58. The van der Waals surface area contributed by atoms with E-state index < -0.39 is 0 Å². The smallest absolute Gasteiger partial charge is 0.238 e. The van der Waals surface area contributed by atoms with Crippen molar-refractivity contribution in [3.8, 4) is 5.88 Å². The zero-order valence-electron chi connectivity index (χ0n) is 7.35. The summed E-state index contributed by atoms with van der Waals surface area (Å²) in [5.41, 5.74) is 6.82. The molecule has 2 heterocycles. The molecule has 0 spiro atoms. The van der Waals surface area contributed by atoms with Crippen LogP contribution in [0.4, 0.5) is 5.82 Å². The van der Waals surface area contributed by atoms with E-state index in [1.165, 1.54) is 6.33 Å². The van der Waals surface area contributed by atoms with Crippen molar-refractivity contribution in [1.29, 1.82) is 0 Å². The summed E-state index contributed by atoms with van der Waals surface area (Å²) in [4.78, 5) is 7.87. The summed E-state index contributed by atoms with van der Waals surface area (Å²) < 4.78 is 6.69. The van der Waals surface area contributed by atoms with Gasteiger partial charge in [-0.1, -0.05) is 0 Å². The van der Waals surface area contributed by atoms with Gasteiger partial charge in [0.15, 0.2) is 16.9 Å². The highest BCUT2D eigenvalue weighted by Gasteiger charge is 2.12. The summed E-state index contributed by atoms with van der Waals surface area (Å²) in [7, 11) is 3.33. The van der Waals surface area contributed by atoms with E-state index in [-0.39, 0.29) is 0 Å². The number of fused-ring (bicyclic) bond motifs is 1. The van der Waals surface area contributed by atoms with E-state index in [1.54, 1.807) is 18.8 Å². The van der Waals surface area contributed by atoms with E-state index in [4.69, 9.17) is 10.5 Å². The molecule has 6 heteroatoms. The molecule has 0 aliphatic carbocycles. The van der Waals surface area contributed by atoms with Crippen molar-refractivity contribution in [2.45, 2.75) is 0 Å². The third kappa shape index (κ3) is 0.986. The Morgan fingerprint density at radius 1 is 1.38 bits per heavy atom. The van der Waals surface area contributed by atoms with E-state index in [1.807, 2.05) is 0 Å². The number of ether oxygens (including phenoxy) is 1. The number of hydrogen-bond acceptors (Lipinski definition) is 5. The van der Waals surface area contributed by atoms with Crippen LogP contribution in [0.5, 0.6) is 5.88 Å². The van der Waals surface area contributed by atoms with Crippen LogP contribution in [0.25, 0.3) is 11.0 Å². The Morgan fingerprint density at radius 3 is 2.85 bits per heavy atom. The van der Waals surface area contributed by atoms with Gasteiger partial charge in [-0.2, -0.15) is 5.10 Å². The molecule has 13 heavy (non-hydrogen) atoms. The number of aryl methyl sites for hydroxylation is 1. The van der Waals surface area contributed by atoms with E-state index in [9.17, 15) is 0 Å². The molecule has 0 fully saturated rings. The molecule has 0 bridgehead atoms. The summed E-state index contributed by atoms with van der Waals surface area (Å²) in [6, 6.07) is 0. The lowest BCUT2D eigenvalue weighted by atomic mass is 10.4. The Kier molecular flexibility index (Phi) is 1.54. The quantitative estimate of drug-likeness (QED) is 0.664. The van der Waals surface area contributed by atoms with Gasteiger partial charge >= 0.3 is 0 Å². The van der Waals surface area contributed by atoms with E-state index in [0.717, 1.165) is 0 Å². The van der Waals surface area contributed by atoms with Crippen LogP contribution in [-0.2, 0) is 7.05 Å². The van der Waals surface area contributed by atoms with Crippen LogP contribution >= 0.6 is 0 Å². The Morgan fingerprint density at radius 2 is 2.15 bits per heavy atom. The zero-order chi connectivity index (χ0) is 9.42. The lowest BCUT2D eigenvalue weighted by Crippen LogP contribution is -1.94. The molecule has 0 radical (unpaired) electrons. The molecule has 0 amide bonds. The number of anilines is 1. The number of nitrogens with two attached hydrogens (primary N) is 1. The van der Waals surface area contributed by atoms with Gasteiger partial charge in [0.25, 0.3) is 0 Å². The first-order valence-electron chi connectivity index (χ1n) is 3.71. The molecule has 2 aromatic heterocycles. The minimum Gasteiger partial charge on any atom is -0.480 e. The van der Waals surface area contributed by atoms with Crippen molar-refractivity contribution in [2.24, 2.45) is 7.05 Å². The number of hydrogen-bond donors (Lipinski definition) is 1. The number of nitrogen functional groups attached to an aromatic ring is 1. The van der Waals surface area contributed by atoms with Crippen molar-refractivity contribution in [1.82, 2.24) is 19.7 Å². The average Bonchev–Trinajstić information content (AvgIpc) is 2.43. The Labute approximate surface area is 74.3 Å². The normalized spacial score (nSPS) is 10.6. The van der Waals surface area contributed by atoms with E-state index >= 15 is 0 Å². The molecule has 2 rings (SSSR count). The number of aromatic nitrogens is 4. The van der Waals surface area contributed by atoms with Crippen molar-refractivity contribution in [3.05, 3.63) is 6.33 Å². The highest BCUT2D eigenvalue weighted by Crippen LogP contribution is 2.24. The number of methoxy groups -OCH3 is 1. The maximum absolute atomic E-state index is 5.61. The second-order valence-corrected chi connectivity index (χ2v) is 2.59. The predicted molar refractivity (Wildman–Crippen MR) is 47.3 cm³/mol. The first-order chi connectivity index (χ1) is 6.24. The van der Waals surface area contributed by atoms with Gasteiger partial charge in [0.05, 0.1) is 7.11 Å². The second-order valence-electron chi connectivity index (χ2n) is 2.59. The largest absolute Gasteiger partial charge is 0.480 e. The minimum absolute atomic E-state index is 0.365. The van der Waals surface area contributed by atoms with Crippen LogP contribution in [0.15, 0.2) is 6.33 Å². The zero-order valence-corrected chi connectivity index (χ0v) is 7.35. The molecule has 68 valence electrons. The van der Waals surface area contributed by atoms with E-state index in [2.05, 4.69) is 15.1 Å². The van der Waals surface area contributed by atoms with Crippen molar-refractivity contribution >= 4 is 16.9 Å². The minimum atomic E-state index is 0.365. The van der Waals surface area contributed by atoms with Crippen LogP contribution in [0, 0.1) is 0 Å². The van der Waals surface area contributed by atoms with Crippen molar-refractivity contribution < 1.29 is 4.74 Å². The summed E-state index contributed by atoms with van der Waals surface area (Å²) >= 11 is 0. The molecule has 0 saturated carbocycles. The third-order valence-electron chi connectivity index (χ3n) is 1.79. The van der Waals surface area contributed by atoms with Crippen LogP contribution in [0.2, 0.25) is 0 Å². The molecule has 6 nitrogen and oxygen atoms in total. The fourth-order valence-electron chi connectivity index (χ4n) is 1.22. The van der Waals surface area contributed by atoms with Gasteiger partial charge in [-0.05, 0) is 0 Å². The number of nitrogens with zero attached hydrogens (tertiary/aromatic N) is 4. The van der Waals surface area contributed by atoms with Gasteiger partial charge in [0.1, 0.15) is 6.33 Å². The van der Waals surface area contributed by atoms with Gasteiger partial charge in [0.2, 0.25) is 5.88 Å². The van der Waals surface area contributed by atoms with E-state index in [0.29, 0.717) is 22.7 Å². The maximum Gasteiger partial charge on any atom is 0.238 e. The van der Waals surface area contributed by atoms with Crippen molar-refractivity contribution in [3.63, 3.8) is 0 Å². The van der Waals surface area contributed by atoms with Crippen LogP contribution in [-0.4, -0.2) is 26.9 Å². The van der Waals surface area contributed by atoms with Crippen LogP contribution in [0.1, 0.15) is 0 Å². The molecular formula is C7H9N5O. The maximum atomic E-state index is 5.61. The fourth-order valence-corrected chi connectivity index (χ4v) is 1.22. The lowest BCUT2D eigenvalue weighted by molar-refractivity contribution is 0.377. The molecule has 0 atom stereocenters. The summed E-state index contributed by atoms with van der Waals surface area (Å²) in [6.45, 7) is 0. The molecule has 2 aromatic rings. The Balaban J connectivity index is 2.86. The molecule has 0 aromatic carbocycles. The van der Waals surface area contributed by atoms with Crippen LogP contribution < -0.4 is 10.5 Å². The number of rotatable bonds is 1. The Bertz CT molecular complexity index is 449. The van der Waals surface area contributed by atoms with Gasteiger partial charge in [-0.15, -0.1) is 0 Å². The van der Waals surface area contributed by atoms with Gasteiger partial charge in [-0.3, -0.25) is 0 Å². The summed E-state index contributed by atoms with van der Waals surface area (Å²) in [6.07, 6.45) is 1.39. The van der Waals surface area contributed by atoms with Gasteiger partial charge in [0, 0.05) is 7.05 Å². The fraction of sp³-hybridized carbons (Fsp3) is 0.286. The molecule has 2 N–H and O–H groups in total. The molecule has 0 aliphatic heterocycles. The SMILES string of the molecule is COc1c2ncnc(N)c2nn1C. The highest BCUT2D eigenvalue weighted by molar-refractivity contribution is 5.87. The van der Waals surface area contributed by atoms with Gasteiger partial charge in [-0.25, -0.2) is 14.6 Å². The first-order valence-corrected chi connectivity index (χ1v) is 3.71. The Hall–Kier alpha value is -1.85. The summed E-state index contributed by atoms with van der Waals surface area (Å²) in [5.74, 6) is 0.952. The van der Waals surface area contributed by atoms with Crippen molar-refractivity contribution in [2.75, 3.05) is 12.8 Å². The predicted octanol–water partition coefficient (Wildman–Crippen LogP) is -0.0459. The third-order valence-corrected chi connectivity index (χ3v) is 1.79. The first kappa shape index (κ1) is 7.78. The topological polar surface area (TPSA) is 78.8 Å². The lowest BCUT2D eigenvalue weighted by Gasteiger charge is -1.97. The molecule has 0 saturated heterocycles. The monoisotopic (exact) mass is 179 g/mol. The molecule has 0 aliphatic rings. The molecular weight excluding hydrogens is 170 g/mol. The molecule has 0 unspecified atom stereocenters. The van der Waals surface area contributed by atoms with Gasteiger partial charge < -0.3 is 10.5 Å². The standard InChI is InChI=1S/C7H9N5O/c1-12-7(13-2)5-4(11-12)6(8)10-3-9-5/h3H,1-2H3,(H2,8,9,10). The van der Waals surface area contributed by atoms with Crippen LogP contribution in [0.3, 0.4) is 0 Å².